The Kier molecular flexibility index (Phi) is 3.24. The first-order valence-corrected chi connectivity index (χ1v) is 5.97. The highest BCUT2D eigenvalue weighted by Gasteiger charge is 2.17. The third kappa shape index (κ3) is 1.92. The minimum atomic E-state index is -0.907. The number of aliphatic carboxylic acids is 1. The van der Waals surface area contributed by atoms with Gasteiger partial charge in [-0.3, -0.25) is 0 Å². The Bertz CT molecular complexity index is 632. The van der Waals surface area contributed by atoms with Crippen molar-refractivity contribution in [2.75, 3.05) is 0 Å². The molecule has 0 saturated carbocycles. The SMILES string of the molecule is CCc1c(C(C)=C(C)C(=O)O)oc2ccccc12. The van der Waals surface area contributed by atoms with Gasteiger partial charge in [-0.25, -0.2) is 4.79 Å². The average Bonchev–Trinajstić information content (AvgIpc) is 2.75. The molecule has 0 fully saturated rings. The van der Waals surface area contributed by atoms with Crippen molar-refractivity contribution in [3.63, 3.8) is 0 Å². The van der Waals surface area contributed by atoms with E-state index in [1.807, 2.05) is 31.2 Å². The minimum absolute atomic E-state index is 0.323. The molecule has 1 heterocycles. The number of benzene rings is 1. The van der Waals surface area contributed by atoms with Crippen molar-refractivity contribution in [1.82, 2.24) is 0 Å². The van der Waals surface area contributed by atoms with E-state index in [1.165, 1.54) is 0 Å². The summed E-state index contributed by atoms with van der Waals surface area (Å²) >= 11 is 0. The molecular formula is C15H16O3. The van der Waals surface area contributed by atoms with E-state index in [0.29, 0.717) is 16.9 Å². The molecule has 94 valence electrons. The molecule has 1 N–H and O–H groups in total. The number of carbonyl (C=O) groups is 1. The Morgan fingerprint density at radius 1 is 1.28 bits per heavy atom. The van der Waals surface area contributed by atoms with Crippen LogP contribution in [-0.2, 0) is 11.2 Å². The van der Waals surface area contributed by atoms with E-state index in [2.05, 4.69) is 0 Å². The minimum Gasteiger partial charge on any atom is -0.478 e. The number of fused-ring (bicyclic) bond motifs is 1. The zero-order valence-corrected chi connectivity index (χ0v) is 10.8. The Morgan fingerprint density at radius 2 is 1.94 bits per heavy atom. The van der Waals surface area contributed by atoms with Crippen molar-refractivity contribution < 1.29 is 14.3 Å². The quantitative estimate of drug-likeness (QED) is 0.834. The summed E-state index contributed by atoms with van der Waals surface area (Å²) in [6.45, 7) is 5.44. The molecule has 0 saturated heterocycles. The number of hydrogen-bond acceptors (Lipinski definition) is 2. The molecule has 2 rings (SSSR count). The molecule has 0 atom stereocenters. The van der Waals surface area contributed by atoms with Crippen molar-refractivity contribution in [2.24, 2.45) is 0 Å². The fraction of sp³-hybridized carbons (Fsp3) is 0.267. The summed E-state index contributed by atoms with van der Waals surface area (Å²) in [5.74, 6) is -0.214. The second-order valence-corrected chi connectivity index (χ2v) is 4.31. The number of para-hydroxylation sites is 1. The molecule has 0 amide bonds. The highest BCUT2D eigenvalue weighted by molar-refractivity contribution is 5.97. The van der Waals surface area contributed by atoms with Gasteiger partial charge in [-0.1, -0.05) is 25.1 Å². The van der Waals surface area contributed by atoms with E-state index in [9.17, 15) is 4.79 Å². The van der Waals surface area contributed by atoms with Gasteiger partial charge in [0.15, 0.2) is 0 Å². The molecule has 18 heavy (non-hydrogen) atoms. The van der Waals surface area contributed by atoms with E-state index in [4.69, 9.17) is 9.52 Å². The number of allylic oxidation sites excluding steroid dienone is 1. The summed E-state index contributed by atoms with van der Waals surface area (Å²) in [7, 11) is 0. The van der Waals surface area contributed by atoms with E-state index in [0.717, 1.165) is 23.0 Å². The molecule has 0 bridgehead atoms. The summed E-state index contributed by atoms with van der Waals surface area (Å²) in [6.07, 6.45) is 0.816. The zero-order valence-electron chi connectivity index (χ0n) is 10.8. The third-order valence-electron chi connectivity index (χ3n) is 3.28. The molecular weight excluding hydrogens is 228 g/mol. The van der Waals surface area contributed by atoms with Gasteiger partial charge < -0.3 is 9.52 Å². The molecule has 0 aliphatic rings. The van der Waals surface area contributed by atoms with Gasteiger partial charge in [0.25, 0.3) is 0 Å². The van der Waals surface area contributed by atoms with Crippen molar-refractivity contribution in [2.45, 2.75) is 27.2 Å². The van der Waals surface area contributed by atoms with E-state index < -0.39 is 5.97 Å². The molecule has 1 aromatic heterocycles. The first-order valence-electron chi connectivity index (χ1n) is 5.97. The largest absolute Gasteiger partial charge is 0.478 e. The fourth-order valence-corrected chi connectivity index (χ4v) is 2.08. The maximum absolute atomic E-state index is 11.0. The third-order valence-corrected chi connectivity index (χ3v) is 3.28. The van der Waals surface area contributed by atoms with Crippen LogP contribution in [0.3, 0.4) is 0 Å². The fourth-order valence-electron chi connectivity index (χ4n) is 2.08. The van der Waals surface area contributed by atoms with Gasteiger partial charge in [0.1, 0.15) is 11.3 Å². The van der Waals surface area contributed by atoms with Crippen LogP contribution in [0.1, 0.15) is 32.1 Å². The van der Waals surface area contributed by atoms with Crippen LogP contribution >= 0.6 is 0 Å². The summed E-state index contributed by atoms with van der Waals surface area (Å²) < 4.78 is 5.80. The average molecular weight is 244 g/mol. The normalized spacial score (nSPS) is 12.6. The lowest BCUT2D eigenvalue weighted by atomic mass is 10.0. The summed E-state index contributed by atoms with van der Waals surface area (Å²) in [5, 5.41) is 10.1. The predicted molar refractivity (Wildman–Crippen MR) is 71.5 cm³/mol. The maximum atomic E-state index is 11.0. The summed E-state index contributed by atoms with van der Waals surface area (Å²) in [6, 6.07) is 7.79. The van der Waals surface area contributed by atoms with Gasteiger partial charge in [-0.05, 0) is 26.3 Å². The maximum Gasteiger partial charge on any atom is 0.331 e. The number of carboxylic acid groups (broad SMARTS) is 1. The van der Waals surface area contributed by atoms with Crippen molar-refractivity contribution in [1.29, 1.82) is 0 Å². The van der Waals surface area contributed by atoms with Gasteiger partial charge in [-0.2, -0.15) is 0 Å². The number of rotatable bonds is 3. The van der Waals surface area contributed by atoms with Crippen LogP contribution in [-0.4, -0.2) is 11.1 Å². The van der Waals surface area contributed by atoms with E-state index in [1.54, 1.807) is 13.8 Å². The monoisotopic (exact) mass is 244 g/mol. The van der Waals surface area contributed by atoms with Crippen LogP contribution in [0.25, 0.3) is 16.5 Å². The van der Waals surface area contributed by atoms with Crippen LogP contribution < -0.4 is 0 Å². The summed E-state index contributed by atoms with van der Waals surface area (Å²) in [4.78, 5) is 11.0. The van der Waals surface area contributed by atoms with Crippen LogP contribution in [0, 0.1) is 0 Å². The Morgan fingerprint density at radius 3 is 2.56 bits per heavy atom. The number of aryl methyl sites for hydroxylation is 1. The predicted octanol–water partition coefficient (Wildman–Crippen LogP) is 3.87. The number of carboxylic acids is 1. The number of hydrogen-bond donors (Lipinski definition) is 1. The van der Waals surface area contributed by atoms with Gasteiger partial charge in [0, 0.05) is 22.1 Å². The summed E-state index contributed by atoms with van der Waals surface area (Å²) in [5.41, 5.74) is 2.89. The van der Waals surface area contributed by atoms with E-state index >= 15 is 0 Å². The highest BCUT2D eigenvalue weighted by atomic mass is 16.4. The molecule has 2 aromatic rings. The Balaban J connectivity index is 2.72. The van der Waals surface area contributed by atoms with Crippen molar-refractivity contribution in [3.8, 4) is 0 Å². The molecule has 3 heteroatoms. The second-order valence-electron chi connectivity index (χ2n) is 4.31. The smallest absolute Gasteiger partial charge is 0.331 e. The van der Waals surface area contributed by atoms with Gasteiger partial charge in [0.2, 0.25) is 0 Å². The van der Waals surface area contributed by atoms with Crippen LogP contribution in [0.2, 0.25) is 0 Å². The lowest BCUT2D eigenvalue weighted by Crippen LogP contribution is -1.99. The zero-order chi connectivity index (χ0) is 13.3. The lowest BCUT2D eigenvalue weighted by molar-refractivity contribution is -0.132. The highest BCUT2D eigenvalue weighted by Crippen LogP contribution is 2.32. The molecule has 0 unspecified atom stereocenters. The van der Waals surface area contributed by atoms with Crippen LogP contribution in [0.4, 0.5) is 0 Å². The van der Waals surface area contributed by atoms with Gasteiger partial charge >= 0.3 is 5.97 Å². The first kappa shape index (κ1) is 12.4. The van der Waals surface area contributed by atoms with Crippen molar-refractivity contribution >= 4 is 22.5 Å². The Hall–Kier alpha value is -2.03. The molecule has 1 aromatic carbocycles. The van der Waals surface area contributed by atoms with E-state index in [-0.39, 0.29) is 0 Å². The second kappa shape index (κ2) is 4.69. The van der Waals surface area contributed by atoms with Crippen LogP contribution in [0.5, 0.6) is 0 Å². The van der Waals surface area contributed by atoms with Crippen molar-refractivity contribution in [3.05, 3.63) is 41.2 Å². The molecule has 0 aliphatic carbocycles. The van der Waals surface area contributed by atoms with Gasteiger partial charge in [-0.15, -0.1) is 0 Å². The van der Waals surface area contributed by atoms with Gasteiger partial charge in [0.05, 0.1) is 0 Å². The molecule has 3 nitrogen and oxygen atoms in total. The standard InChI is InChI=1S/C15H16O3/c1-4-11-12-7-5-6-8-13(12)18-14(11)9(2)10(3)15(16)17/h5-8H,4H2,1-3H3,(H,16,17). The number of furan rings is 1. The van der Waals surface area contributed by atoms with Crippen LogP contribution in [0.15, 0.2) is 34.3 Å². The molecule has 0 spiro atoms. The topological polar surface area (TPSA) is 50.4 Å². The molecule has 0 aliphatic heterocycles. The first-order chi connectivity index (χ1) is 8.56. The lowest BCUT2D eigenvalue weighted by Gasteiger charge is -2.03. The Labute approximate surface area is 106 Å². The molecule has 0 radical (unpaired) electrons.